The summed E-state index contributed by atoms with van der Waals surface area (Å²) in [6, 6.07) is 3.16. The van der Waals surface area contributed by atoms with Crippen molar-refractivity contribution in [2.24, 2.45) is 0 Å². The van der Waals surface area contributed by atoms with Gasteiger partial charge in [-0.15, -0.1) is 0 Å². The number of ether oxygens (including phenoxy) is 2. The average molecular weight is 296 g/mol. The third-order valence-electron chi connectivity index (χ3n) is 3.85. The van der Waals surface area contributed by atoms with Crippen LogP contribution in [-0.4, -0.2) is 39.0 Å². The molecule has 6 nitrogen and oxygen atoms in total. The molecule has 118 valence electrons. The number of furan rings is 1. The number of carbonyl (C=O) groups excluding carboxylic acids is 1. The van der Waals surface area contributed by atoms with Gasteiger partial charge in [-0.05, 0) is 25.0 Å². The summed E-state index contributed by atoms with van der Waals surface area (Å²) in [7, 11) is 3.29. The number of methoxy groups -OCH3 is 2. The monoisotopic (exact) mass is 296 g/mol. The van der Waals surface area contributed by atoms with E-state index in [1.165, 1.54) is 0 Å². The van der Waals surface area contributed by atoms with Crippen LogP contribution in [0.25, 0.3) is 0 Å². The molecule has 2 N–H and O–H groups in total. The molecule has 0 saturated heterocycles. The van der Waals surface area contributed by atoms with E-state index in [1.807, 2.05) is 6.07 Å². The van der Waals surface area contributed by atoms with Crippen molar-refractivity contribution in [3.8, 4) is 0 Å². The van der Waals surface area contributed by atoms with E-state index in [0.717, 1.165) is 25.7 Å². The van der Waals surface area contributed by atoms with Gasteiger partial charge in [-0.2, -0.15) is 0 Å². The lowest BCUT2D eigenvalue weighted by atomic mass is 9.92. The lowest BCUT2D eigenvalue weighted by molar-refractivity contribution is 0.0447. The van der Waals surface area contributed by atoms with Crippen LogP contribution in [0.3, 0.4) is 0 Å². The van der Waals surface area contributed by atoms with Gasteiger partial charge in [0.25, 0.3) is 0 Å². The highest BCUT2D eigenvalue weighted by Gasteiger charge is 2.27. The number of hydrogen-bond donors (Lipinski definition) is 2. The van der Waals surface area contributed by atoms with Gasteiger partial charge >= 0.3 is 6.03 Å². The third-order valence-corrected chi connectivity index (χ3v) is 3.85. The predicted octanol–water partition coefficient (Wildman–Crippen LogP) is 2.22. The van der Waals surface area contributed by atoms with Gasteiger partial charge in [-0.1, -0.05) is 12.8 Å². The highest BCUT2D eigenvalue weighted by Crippen LogP contribution is 2.21. The summed E-state index contributed by atoms with van der Waals surface area (Å²) in [5, 5.41) is 5.89. The minimum absolute atomic E-state index is 0.0588. The Labute approximate surface area is 125 Å². The molecule has 0 aromatic carbocycles. The Hall–Kier alpha value is -1.53. The molecule has 21 heavy (non-hydrogen) atoms. The SMILES string of the molecule is COC[C@@H](NC(=O)N[C@@H]1CCCC[C@@H]1OC)c1ccco1. The molecule has 1 aliphatic carbocycles. The van der Waals surface area contributed by atoms with Crippen molar-refractivity contribution in [3.63, 3.8) is 0 Å². The first-order valence-electron chi connectivity index (χ1n) is 7.36. The Kier molecular flexibility index (Phi) is 6.07. The molecule has 1 aliphatic rings. The van der Waals surface area contributed by atoms with Crippen LogP contribution in [0.5, 0.6) is 0 Å². The molecule has 3 atom stereocenters. The first-order valence-corrected chi connectivity index (χ1v) is 7.36. The summed E-state index contributed by atoms with van der Waals surface area (Å²) in [5.74, 6) is 0.680. The van der Waals surface area contributed by atoms with Gasteiger partial charge in [0.15, 0.2) is 0 Å². The van der Waals surface area contributed by atoms with Crippen molar-refractivity contribution in [3.05, 3.63) is 24.2 Å². The van der Waals surface area contributed by atoms with E-state index in [-0.39, 0.29) is 24.2 Å². The summed E-state index contributed by atoms with van der Waals surface area (Å²) in [4.78, 5) is 12.2. The van der Waals surface area contributed by atoms with Crippen LogP contribution in [-0.2, 0) is 9.47 Å². The second-order valence-corrected chi connectivity index (χ2v) is 5.31. The summed E-state index contributed by atoms with van der Waals surface area (Å²) in [6.45, 7) is 0.360. The van der Waals surface area contributed by atoms with Crippen molar-refractivity contribution in [2.45, 2.75) is 43.9 Å². The topological polar surface area (TPSA) is 72.7 Å². The zero-order valence-corrected chi connectivity index (χ0v) is 12.6. The number of carbonyl (C=O) groups is 1. The lowest BCUT2D eigenvalue weighted by Gasteiger charge is -2.31. The lowest BCUT2D eigenvalue weighted by Crippen LogP contribution is -2.50. The van der Waals surface area contributed by atoms with E-state index in [2.05, 4.69) is 10.6 Å². The van der Waals surface area contributed by atoms with Crippen LogP contribution in [0.4, 0.5) is 4.79 Å². The molecule has 0 unspecified atom stereocenters. The Morgan fingerprint density at radius 3 is 2.90 bits per heavy atom. The van der Waals surface area contributed by atoms with Gasteiger partial charge in [-0.25, -0.2) is 4.79 Å². The van der Waals surface area contributed by atoms with E-state index in [0.29, 0.717) is 12.4 Å². The standard InChI is InChI=1S/C15H24N2O4/c1-19-10-12(14-8-5-9-21-14)17-15(18)16-11-6-3-4-7-13(11)20-2/h5,8-9,11-13H,3-4,6-7,10H2,1-2H3,(H2,16,17,18)/t11-,12-,13+/m1/s1. The molecule has 2 amide bonds. The maximum absolute atomic E-state index is 12.2. The van der Waals surface area contributed by atoms with Crippen molar-refractivity contribution in [1.29, 1.82) is 0 Å². The highest BCUT2D eigenvalue weighted by molar-refractivity contribution is 5.74. The first kappa shape index (κ1) is 15.9. The first-order chi connectivity index (χ1) is 10.2. The predicted molar refractivity (Wildman–Crippen MR) is 78.0 cm³/mol. The molecular weight excluding hydrogens is 272 g/mol. The van der Waals surface area contributed by atoms with E-state index < -0.39 is 0 Å². The van der Waals surface area contributed by atoms with E-state index in [4.69, 9.17) is 13.9 Å². The van der Waals surface area contributed by atoms with Gasteiger partial charge in [0.1, 0.15) is 11.8 Å². The molecule has 1 saturated carbocycles. The molecule has 1 aromatic heterocycles. The number of amides is 2. The van der Waals surface area contributed by atoms with E-state index >= 15 is 0 Å². The minimum atomic E-state index is -0.297. The van der Waals surface area contributed by atoms with Crippen LogP contribution in [0, 0.1) is 0 Å². The Morgan fingerprint density at radius 2 is 2.24 bits per heavy atom. The zero-order chi connectivity index (χ0) is 15.1. The highest BCUT2D eigenvalue weighted by atomic mass is 16.5. The fourth-order valence-electron chi connectivity index (χ4n) is 2.76. The number of nitrogens with one attached hydrogen (secondary N) is 2. The van der Waals surface area contributed by atoms with Crippen LogP contribution < -0.4 is 10.6 Å². The molecular formula is C15H24N2O4. The largest absolute Gasteiger partial charge is 0.467 e. The quantitative estimate of drug-likeness (QED) is 0.844. The number of urea groups is 1. The molecule has 0 aliphatic heterocycles. The Morgan fingerprint density at radius 1 is 1.43 bits per heavy atom. The van der Waals surface area contributed by atoms with Gasteiger partial charge in [-0.3, -0.25) is 0 Å². The van der Waals surface area contributed by atoms with Gasteiger partial charge in [0, 0.05) is 14.2 Å². The summed E-state index contributed by atoms with van der Waals surface area (Å²) >= 11 is 0. The third kappa shape index (κ3) is 4.47. The number of rotatable bonds is 6. The summed E-state index contributed by atoms with van der Waals surface area (Å²) in [6.07, 6.45) is 5.87. The van der Waals surface area contributed by atoms with Crippen molar-refractivity contribution >= 4 is 6.03 Å². The molecule has 1 heterocycles. The molecule has 1 aromatic rings. The normalized spacial score (nSPS) is 23.5. The Bertz CT molecular complexity index is 421. The van der Waals surface area contributed by atoms with E-state index in [1.54, 1.807) is 26.5 Å². The summed E-state index contributed by atoms with van der Waals surface area (Å²) in [5.41, 5.74) is 0. The number of hydrogen-bond acceptors (Lipinski definition) is 4. The van der Waals surface area contributed by atoms with E-state index in [9.17, 15) is 4.79 Å². The smallest absolute Gasteiger partial charge is 0.315 e. The van der Waals surface area contributed by atoms with Crippen molar-refractivity contribution in [1.82, 2.24) is 10.6 Å². The molecule has 1 fully saturated rings. The average Bonchev–Trinajstić information content (AvgIpc) is 3.01. The van der Waals surface area contributed by atoms with Crippen LogP contribution >= 0.6 is 0 Å². The Balaban J connectivity index is 1.89. The second-order valence-electron chi connectivity index (χ2n) is 5.31. The van der Waals surface area contributed by atoms with Gasteiger partial charge < -0.3 is 24.5 Å². The fourth-order valence-corrected chi connectivity index (χ4v) is 2.76. The molecule has 0 radical (unpaired) electrons. The fraction of sp³-hybridized carbons (Fsp3) is 0.667. The van der Waals surface area contributed by atoms with Crippen molar-refractivity contribution < 1.29 is 18.7 Å². The van der Waals surface area contributed by atoms with Gasteiger partial charge in [0.2, 0.25) is 0 Å². The maximum atomic E-state index is 12.2. The molecule has 0 spiro atoms. The van der Waals surface area contributed by atoms with Gasteiger partial charge in [0.05, 0.1) is 25.0 Å². The molecule has 6 heteroatoms. The van der Waals surface area contributed by atoms with Crippen molar-refractivity contribution in [2.75, 3.05) is 20.8 Å². The van der Waals surface area contributed by atoms with Crippen LogP contribution in [0.1, 0.15) is 37.5 Å². The minimum Gasteiger partial charge on any atom is -0.467 e. The zero-order valence-electron chi connectivity index (χ0n) is 12.6. The second kappa shape index (κ2) is 8.05. The van der Waals surface area contributed by atoms with Crippen LogP contribution in [0.15, 0.2) is 22.8 Å². The van der Waals surface area contributed by atoms with Crippen LogP contribution in [0.2, 0.25) is 0 Å². The molecule has 0 bridgehead atoms. The maximum Gasteiger partial charge on any atom is 0.315 e. The molecule has 2 rings (SSSR count). The summed E-state index contributed by atoms with van der Waals surface area (Å²) < 4.78 is 15.9.